The minimum Gasteiger partial charge on any atom is -0.508 e. The molecule has 0 fully saturated rings. The van der Waals surface area contributed by atoms with E-state index in [1.165, 1.54) is 0 Å². The second-order valence-corrected chi connectivity index (χ2v) is 11.4. The predicted octanol–water partition coefficient (Wildman–Crippen LogP) is 9.43. The SMILES string of the molecule is CC(NC(=O)Cn1cc(-c2ccc(Cl)cc2Cl)nc1C=Cc1ccc(-c2ccc(O)cc2)cc1)c1cccc2ccccc12. The van der Waals surface area contributed by atoms with Crippen molar-refractivity contribution in [2.75, 3.05) is 0 Å². The largest absolute Gasteiger partial charge is 0.508 e. The third-order valence-corrected chi connectivity index (χ3v) is 8.08. The van der Waals surface area contributed by atoms with Crippen molar-refractivity contribution in [2.24, 2.45) is 0 Å². The molecule has 1 heterocycles. The zero-order valence-electron chi connectivity index (χ0n) is 23.9. The van der Waals surface area contributed by atoms with Crippen molar-refractivity contribution in [3.63, 3.8) is 0 Å². The number of imidazole rings is 1. The number of halogens is 2. The maximum absolute atomic E-state index is 13.4. The molecule has 1 unspecified atom stereocenters. The summed E-state index contributed by atoms with van der Waals surface area (Å²) >= 11 is 12.7. The van der Waals surface area contributed by atoms with Crippen molar-refractivity contribution >= 4 is 52.0 Å². The third-order valence-electron chi connectivity index (χ3n) is 7.53. The van der Waals surface area contributed by atoms with E-state index < -0.39 is 0 Å². The number of fused-ring (bicyclic) bond motifs is 1. The Morgan fingerprint density at radius 2 is 1.59 bits per heavy atom. The number of phenolic OH excluding ortho intramolecular Hbond substituents is 1. The summed E-state index contributed by atoms with van der Waals surface area (Å²) in [7, 11) is 0. The van der Waals surface area contributed by atoms with E-state index >= 15 is 0 Å². The number of amides is 1. The van der Waals surface area contributed by atoms with Gasteiger partial charge in [0, 0.05) is 16.8 Å². The molecular formula is C37H29Cl2N3O2. The molecule has 6 aromatic rings. The lowest BCUT2D eigenvalue weighted by Crippen LogP contribution is -2.30. The van der Waals surface area contributed by atoms with Crippen LogP contribution in [0.5, 0.6) is 5.75 Å². The summed E-state index contributed by atoms with van der Waals surface area (Å²) in [6.45, 7) is 2.07. The van der Waals surface area contributed by atoms with Crippen molar-refractivity contribution in [1.29, 1.82) is 0 Å². The van der Waals surface area contributed by atoms with Crippen LogP contribution in [0, 0.1) is 0 Å². The lowest BCUT2D eigenvalue weighted by Gasteiger charge is -2.17. The average molecular weight is 619 g/mol. The maximum atomic E-state index is 13.4. The number of carbonyl (C=O) groups is 1. The summed E-state index contributed by atoms with van der Waals surface area (Å²) in [6.07, 6.45) is 5.69. The Morgan fingerprint density at radius 3 is 2.34 bits per heavy atom. The fraction of sp³-hybridized carbons (Fsp3) is 0.0811. The number of aromatic hydroxyl groups is 1. The van der Waals surface area contributed by atoms with Gasteiger partial charge < -0.3 is 15.0 Å². The van der Waals surface area contributed by atoms with Gasteiger partial charge in [-0.05, 0) is 76.4 Å². The van der Waals surface area contributed by atoms with Crippen LogP contribution in [0.15, 0.2) is 115 Å². The Labute approximate surface area is 266 Å². The number of aromatic nitrogens is 2. The first-order chi connectivity index (χ1) is 21.3. The van der Waals surface area contributed by atoms with Crippen LogP contribution in [0.2, 0.25) is 10.0 Å². The molecule has 7 heteroatoms. The number of phenols is 1. The van der Waals surface area contributed by atoms with Gasteiger partial charge in [-0.25, -0.2) is 4.98 Å². The van der Waals surface area contributed by atoms with E-state index in [-0.39, 0.29) is 24.2 Å². The molecule has 0 saturated heterocycles. The molecule has 0 aliphatic heterocycles. The number of hydrogen-bond acceptors (Lipinski definition) is 3. The summed E-state index contributed by atoms with van der Waals surface area (Å²) in [6, 6.07) is 34.6. The molecule has 0 radical (unpaired) electrons. The van der Waals surface area contributed by atoms with Gasteiger partial charge in [-0.15, -0.1) is 0 Å². The normalized spacial score (nSPS) is 12.1. The molecule has 2 N–H and O–H groups in total. The molecule has 0 aliphatic rings. The van der Waals surface area contributed by atoms with Crippen molar-refractivity contribution in [3.8, 4) is 28.1 Å². The van der Waals surface area contributed by atoms with Crippen LogP contribution in [0.4, 0.5) is 0 Å². The molecule has 1 aromatic heterocycles. The van der Waals surface area contributed by atoms with Gasteiger partial charge in [0.25, 0.3) is 0 Å². The van der Waals surface area contributed by atoms with E-state index in [1.807, 2.05) is 96.6 Å². The molecule has 6 rings (SSSR count). The van der Waals surface area contributed by atoms with Gasteiger partial charge >= 0.3 is 0 Å². The Hall–Kier alpha value is -4.84. The topological polar surface area (TPSA) is 67.2 Å². The number of nitrogens with zero attached hydrogens (tertiary/aromatic N) is 2. The van der Waals surface area contributed by atoms with Gasteiger partial charge in [0.05, 0.1) is 16.8 Å². The molecule has 1 amide bonds. The number of rotatable bonds is 8. The minimum absolute atomic E-state index is 0.0762. The van der Waals surface area contributed by atoms with Gasteiger partial charge in [0.1, 0.15) is 18.1 Å². The number of carbonyl (C=O) groups excluding carboxylic acids is 1. The first-order valence-corrected chi connectivity index (χ1v) is 15.0. The molecular weight excluding hydrogens is 589 g/mol. The second-order valence-electron chi connectivity index (χ2n) is 10.6. The fourth-order valence-corrected chi connectivity index (χ4v) is 5.78. The summed E-state index contributed by atoms with van der Waals surface area (Å²) < 4.78 is 1.83. The van der Waals surface area contributed by atoms with Crippen LogP contribution >= 0.6 is 23.2 Å². The zero-order valence-corrected chi connectivity index (χ0v) is 25.4. The van der Waals surface area contributed by atoms with Crippen molar-refractivity contribution in [2.45, 2.75) is 19.5 Å². The molecule has 0 spiro atoms. The Morgan fingerprint density at radius 1 is 0.886 bits per heavy atom. The predicted molar refractivity (Wildman–Crippen MR) is 181 cm³/mol. The van der Waals surface area contributed by atoms with Crippen molar-refractivity contribution in [3.05, 3.63) is 142 Å². The fourth-order valence-electron chi connectivity index (χ4n) is 5.28. The Bertz CT molecular complexity index is 1970. The van der Waals surface area contributed by atoms with E-state index in [4.69, 9.17) is 28.2 Å². The van der Waals surface area contributed by atoms with Gasteiger partial charge in [-0.3, -0.25) is 4.79 Å². The monoisotopic (exact) mass is 617 g/mol. The molecule has 0 saturated carbocycles. The Kier molecular flexibility index (Phi) is 8.51. The van der Waals surface area contributed by atoms with E-state index in [1.54, 1.807) is 24.3 Å². The smallest absolute Gasteiger partial charge is 0.240 e. The first kappa shape index (κ1) is 29.2. The highest BCUT2D eigenvalue weighted by atomic mass is 35.5. The highest BCUT2D eigenvalue weighted by Gasteiger charge is 2.16. The van der Waals surface area contributed by atoms with Crippen LogP contribution in [-0.4, -0.2) is 20.6 Å². The minimum atomic E-state index is -0.187. The lowest BCUT2D eigenvalue weighted by molar-refractivity contribution is -0.122. The van der Waals surface area contributed by atoms with E-state index in [9.17, 15) is 9.90 Å². The van der Waals surface area contributed by atoms with Gasteiger partial charge in [0.15, 0.2) is 0 Å². The van der Waals surface area contributed by atoms with Gasteiger partial charge in [-0.1, -0.05) is 108 Å². The first-order valence-electron chi connectivity index (χ1n) is 14.2. The highest BCUT2D eigenvalue weighted by Crippen LogP contribution is 2.31. The second kappa shape index (κ2) is 12.8. The Balaban J connectivity index is 1.26. The maximum Gasteiger partial charge on any atom is 0.240 e. The summed E-state index contributed by atoms with van der Waals surface area (Å²) in [5.74, 6) is 0.714. The molecule has 1 atom stereocenters. The molecule has 0 bridgehead atoms. The molecule has 5 aromatic carbocycles. The van der Waals surface area contributed by atoms with Gasteiger partial charge in [0.2, 0.25) is 5.91 Å². The van der Waals surface area contributed by atoms with Crippen molar-refractivity contribution < 1.29 is 9.90 Å². The van der Waals surface area contributed by atoms with Crippen LogP contribution in [0.25, 0.3) is 45.3 Å². The lowest BCUT2D eigenvalue weighted by atomic mass is 10.00. The van der Waals surface area contributed by atoms with Crippen LogP contribution in [-0.2, 0) is 11.3 Å². The molecule has 0 aliphatic carbocycles. The quantitative estimate of drug-likeness (QED) is 0.179. The van der Waals surface area contributed by atoms with E-state index in [0.29, 0.717) is 21.6 Å². The highest BCUT2D eigenvalue weighted by molar-refractivity contribution is 6.36. The van der Waals surface area contributed by atoms with Crippen LogP contribution in [0.1, 0.15) is 29.9 Å². The van der Waals surface area contributed by atoms with Crippen molar-refractivity contribution in [1.82, 2.24) is 14.9 Å². The summed E-state index contributed by atoms with van der Waals surface area (Å²) in [5, 5.41) is 16.0. The molecule has 5 nitrogen and oxygen atoms in total. The number of nitrogens with one attached hydrogen (secondary N) is 1. The summed E-state index contributed by atoms with van der Waals surface area (Å²) in [4.78, 5) is 18.2. The third kappa shape index (κ3) is 6.55. The number of hydrogen-bond donors (Lipinski definition) is 2. The molecule has 44 heavy (non-hydrogen) atoms. The zero-order chi connectivity index (χ0) is 30.6. The molecule has 218 valence electrons. The van der Waals surface area contributed by atoms with Crippen LogP contribution < -0.4 is 5.32 Å². The average Bonchev–Trinajstić information content (AvgIpc) is 3.42. The van der Waals surface area contributed by atoms with E-state index in [2.05, 4.69) is 23.5 Å². The number of benzene rings is 5. The van der Waals surface area contributed by atoms with Gasteiger partial charge in [-0.2, -0.15) is 0 Å². The standard InChI is InChI=1S/C37H29Cl2N3O2/c1-24(31-8-4-6-28-5-2-3-7-32(28)31)40-37(44)23-42-22-35(33-19-16-29(38)21-34(33)39)41-36(42)20-11-25-9-12-26(13-10-25)27-14-17-30(43)18-15-27/h2-22,24,43H,23H2,1H3,(H,40,44). The van der Waals surface area contributed by atoms with Crippen LogP contribution in [0.3, 0.4) is 0 Å². The summed E-state index contributed by atoms with van der Waals surface area (Å²) in [5.41, 5.74) is 5.47. The van der Waals surface area contributed by atoms with E-state index in [0.717, 1.165) is 38.6 Å².